The lowest BCUT2D eigenvalue weighted by atomic mass is 9.69. The molecule has 0 bridgehead atoms. The normalized spacial score (nSPS) is 32.6. The van der Waals surface area contributed by atoms with E-state index in [1.54, 1.807) is 0 Å². The predicted molar refractivity (Wildman–Crippen MR) is 100 cm³/mol. The van der Waals surface area contributed by atoms with Crippen molar-refractivity contribution in [3.63, 3.8) is 0 Å². The van der Waals surface area contributed by atoms with E-state index in [2.05, 4.69) is 32.1 Å². The Kier molecular flexibility index (Phi) is 8.86. The molecule has 0 unspecified atom stereocenters. The van der Waals surface area contributed by atoms with Gasteiger partial charge in [0, 0.05) is 0 Å². The van der Waals surface area contributed by atoms with Crippen molar-refractivity contribution in [1.29, 1.82) is 0 Å². The maximum absolute atomic E-state index is 5.67. The Bertz CT molecular complexity index is 341. The summed E-state index contributed by atoms with van der Waals surface area (Å²) in [7, 11) is 0. The first-order valence-corrected chi connectivity index (χ1v) is 10.3. The van der Waals surface area contributed by atoms with Gasteiger partial charge in [0.25, 0.3) is 0 Å². The van der Waals surface area contributed by atoms with Crippen molar-refractivity contribution in [3.8, 4) is 0 Å². The van der Waals surface area contributed by atoms with Crippen LogP contribution in [0.5, 0.6) is 0 Å². The van der Waals surface area contributed by atoms with E-state index >= 15 is 0 Å². The number of hydrogen-bond acceptors (Lipinski definition) is 1. The van der Waals surface area contributed by atoms with Crippen LogP contribution >= 0.6 is 0 Å². The van der Waals surface area contributed by atoms with E-state index in [-0.39, 0.29) is 0 Å². The van der Waals surface area contributed by atoms with Crippen LogP contribution in [0.3, 0.4) is 0 Å². The number of ether oxygens (including phenoxy) is 1. The summed E-state index contributed by atoms with van der Waals surface area (Å²) >= 11 is 0. The second-order valence-corrected chi connectivity index (χ2v) is 7.79. The number of hydrogen-bond donors (Lipinski definition) is 0. The highest BCUT2D eigenvalue weighted by molar-refractivity contribution is 4.92. The summed E-state index contributed by atoms with van der Waals surface area (Å²) in [5.41, 5.74) is 0. The molecule has 1 nitrogen and oxygen atoms in total. The Morgan fingerprint density at radius 3 is 2.09 bits per heavy atom. The van der Waals surface area contributed by atoms with Crippen molar-refractivity contribution in [2.75, 3.05) is 6.61 Å². The van der Waals surface area contributed by atoms with Gasteiger partial charge in [-0.25, -0.2) is 0 Å². The smallest absolute Gasteiger partial charge is 0.0901 e. The molecule has 0 amide bonds. The summed E-state index contributed by atoms with van der Waals surface area (Å²) in [5, 5.41) is 0. The van der Waals surface area contributed by atoms with Crippen LogP contribution in [-0.2, 0) is 4.74 Å². The molecular formula is C22H38O. The molecule has 2 saturated carbocycles. The third-order valence-corrected chi connectivity index (χ3v) is 6.00. The Morgan fingerprint density at radius 2 is 1.48 bits per heavy atom. The van der Waals surface area contributed by atoms with E-state index in [9.17, 15) is 0 Å². The standard InChI is InChI=1S/C22H38O/c1-3-5-7-8-19-9-13-21(14-10-19)22-15-11-20(12-16-22)18-23-17-6-4-2/h6-8,17,19-22H,3-5,9-16,18H2,1-2H3/t19-,20-,21-,22-. The van der Waals surface area contributed by atoms with Crippen LogP contribution in [0.15, 0.2) is 24.5 Å². The minimum absolute atomic E-state index is 0.807. The lowest BCUT2D eigenvalue weighted by Gasteiger charge is -2.37. The molecule has 0 aromatic heterocycles. The van der Waals surface area contributed by atoms with Crippen molar-refractivity contribution in [3.05, 3.63) is 24.5 Å². The summed E-state index contributed by atoms with van der Waals surface area (Å²) in [6.45, 7) is 5.36. The Morgan fingerprint density at radius 1 is 0.826 bits per heavy atom. The van der Waals surface area contributed by atoms with Crippen molar-refractivity contribution in [2.24, 2.45) is 23.7 Å². The maximum atomic E-state index is 5.67. The lowest BCUT2D eigenvalue weighted by molar-refractivity contribution is 0.113. The summed E-state index contributed by atoms with van der Waals surface area (Å²) in [6, 6.07) is 0. The molecule has 23 heavy (non-hydrogen) atoms. The Labute approximate surface area is 144 Å². The van der Waals surface area contributed by atoms with E-state index in [4.69, 9.17) is 4.74 Å². The van der Waals surface area contributed by atoms with Gasteiger partial charge in [0.05, 0.1) is 12.9 Å². The molecule has 0 N–H and O–H groups in total. The molecule has 0 aromatic carbocycles. The Hall–Kier alpha value is -0.720. The van der Waals surface area contributed by atoms with Gasteiger partial charge >= 0.3 is 0 Å². The predicted octanol–water partition coefficient (Wildman–Crippen LogP) is 6.90. The molecule has 2 fully saturated rings. The van der Waals surface area contributed by atoms with Crippen LogP contribution in [0, 0.1) is 23.7 Å². The van der Waals surface area contributed by atoms with Crippen molar-refractivity contribution < 1.29 is 4.74 Å². The maximum Gasteiger partial charge on any atom is 0.0901 e. The van der Waals surface area contributed by atoms with E-state index in [1.165, 1.54) is 64.2 Å². The molecular weight excluding hydrogens is 280 g/mol. The highest BCUT2D eigenvalue weighted by Gasteiger charge is 2.30. The fourth-order valence-electron chi connectivity index (χ4n) is 4.45. The van der Waals surface area contributed by atoms with Crippen molar-refractivity contribution in [1.82, 2.24) is 0 Å². The first-order chi connectivity index (χ1) is 11.3. The SMILES string of the molecule is CCC=COC[C@H]1CC[C@H]([C@H]2CC[C@H](C=CCCC)CC2)CC1. The molecule has 0 radical (unpaired) electrons. The zero-order valence-corrected chi connectivity index (χ0v) is 15.5. The average Bonchev–Trinajstić information content (AvgIpc) is 2.60. The van der Waals surface area contributed by atoms with Gasteiger partial charge in [-0.1, -0.05) is 38.5 Å². The fourth-order valence-corrected chi connectivity index (χ4v) is 4.45. The van der Waals surface area contributed by atoms with Crippen LogP contribution in [0.25, 0.3) is 0 Å². The molecule has 0 aromatic rings. The van der Waals surface area contributed by atoms with Gasteiger partial charge in [-0.15, -0.1) is 0 Å². The van der Waals surface area contributed by atoms with Crippen molar-refractivity contribution >= 4 is 0 Å². The average molecular weight is 319 g/mol. The minimum Gasteiger partial charge on any atom is -0.501 e. The second-order valence-electron chi connectivity index (χ2n) is 7.79. The fraction of sp³-hybridized carbons (Fsp3) is 0.818. The first-order valence-electron chi connectivity index (χ1n) is 10.3. The molecule has 0 spiro atoms. The summed E-state index contributed by atoms with van der Waals surface area (Å²) in [4.78, 5) is 0. The molecule has 0 atom stereocenters. The van der Waals surface area contributed by atoms with E-state index in [1.807, 2.05) is 6.26 Å². The zero-order valence-electron chi connectivity index (χ0n) is 15.5. The van der Waals surface area contributed by atoms with Gasteiger partial charge < -0.3 is 4.74 Å². The molecule has 2 rings (SSSR count). The minimum atomic E-state index is 0.807. The van der Waals surface area contributed by atoms with E-state index < -0.39 is 0 Å². The quantitative estimate of drug-likeness (QED) is 0.349. The summed E-state index contributed by atoms with van der Waals surface area (Å²) < 4.78 is 5.67. The van der Waals surface area contributed by atoms with Crippen LogP contribution < -0.4 is 0 Å². The Balaban J connectivity index is 1.62. The zero-order chi connectivity index (χ0) is 16.3. The monoisotopic (exact) mass is 318 g/mol. The number of rotatable bonds is 8. The van der Waals surface area contributed by atoms with Crippen LogP contribution in [0.2, 0.25) is 0 Å². The number of allylic oxidation sites excluding steroid dienone is 3. The topological polar surface area (TPSA) is 9.23 Å². The van der Waals surface area contributed by atoms with Crippen LogP contribution in [0.1, 0.15) is 84.5 Å². The molecule has 2 aliphatic carbocycles. The molecule has 132 valence electrons. The van der Waals surface area contributed by atoms with Gasteiger partial charge in [0.15, 0.2) is 0 Å². The van der Waals surface area contributed by atoms with Crippen LogP contribution in [0.4, 0.5) is 0 Å². The van der Waals surface area contributed by atoms with E-state index in [0.717, 1.165) is 36.7 Å². The molecule has 0 heterocycles. The highest BCUT2D eigenvalue weighted by atomic mass is 16.5. The third kappa shape index (κ3) is 6.73. The van der Waals surface area contributed by atoms with Gasteiger partial charge in [0.2, 0.25) is 0 Å². The van der Waals surface area contributed by atoms with Crippen molar-refractivity contribution in [2.45, 2.75) is 84.5 Å². The molecule has 0 aliphatic heterocycles. The van der Waals surface area contributed by atoms with Gasteiger partial charge in [-0.05, 0) is 87.9 Å². The molecule has 1 heteroatoms. The van der Waals surface area contributed by atoms with Gasteiger partial charge in [0.1, 0.15) is 0 Å². The summed E-state index contributed by atoms with van der Waals surface area (Å²) in [6.07, 6.45) is 24.1. The summed E-state index contributed by atoms with van der Waals surface area (Å²) in [5.74, 6) is 3.72. The van der Waals surface area contributed by atoms with Gasteiger partial charge in [-0.3, -0.25) is 0 Å². The molecule has 2 aliphatic rings. The molecule has 0 saturated heterocycles. The largest absolute Gasteiger partial charge is 0.501 e. The van der Waals surface area contributed by atoms with Crippen LogP contribution in [-0.4, -0.2) is 6.61 Å². The van der Waals surface area contributed by atoms with E-state index in [0.29, 0.717) is 0 Å². The third-order valence-electron chi connectivity index (χ3n) is 6.00. The van der Waals surface area contributed by atoms with Gasteiger partial charge in [-0.2, -0.15) is 0 Å². The first kappa shape index (κ1) is 18.6. The number of unbranched alkanes of at least 4 members (excludes halogenated alkanes) is 1. The lowest BCUT2D eigenvalue weighted by Crippen LogP contribution is -2.26. The highest BCUT2D eigenvalue weighted by Crippen LogP contribution is 2.41. The second kappa shape index (κ2) is 10.9.